The highest BCUT2D eigenvalue weighted by molar-refractivity contribution is 5.90. The minimum Gasteiger partial charge on any atom is -0.469 e. The first-order valence-corrected chi connectivity index (χ1v) is 5.41. The Hall–Kier alpha value is -2.30. The van der Waals surface area contributed by atoms with Crippen molar-refractivity contribution >= 4 is 5.97 Å². The van der Waals surface area contributed by atoms with Crippen LogP contribution in [0.15, 0.2) is 35.1 Å². The van der Waals surface area contributed by atoms with Crippen LogP contribution in [0, 0.1) is 6.92 Å². The zero-order valence-corrected chi connectivity index (χ0v) is 10.2. The summed E-state index contributed by atoms with van der Waals surface area (Å²) in [6, 6.07) is 5.20. The van der Waals surface area contributed by atoms with E-state index in [0.717, 1.165) is 5.56 Å². The van der Waals surface area contributed by atoms with Crippen LogP contribution < -0.4 is 4.74 Å². The molecular formula is C13H13NO4. The maximum atomic E-state index is 11.4. The molecule has 18 heavy (non-hydrogen) atoms. The van der Waals surface area contributed by atoms with Gasteiger partial charge in [0, 0.05) is 12.3 Å². The lowest BCUT2D eigenvalue weighted by Gasteiger charge is -2.04. The van der Waals surface area contributed by atoms with Crippen LogP contribution in [0.4, 0.5) is 0 Å². The van der Waals surface area contributed by atoms with E-state index in [1.54, 1.807) is 18.3 Å². The number of carbonyl (C=O) groups is 1. The number of nitrogens with zero attached hydrogens (tertiary/aromatic N) is 1. The van der Waals surface area contributed by atoms with Gasteiger partial charge in [-0.25, -0.2) is 9.78 Å². The van der Waals surface area contributed by atoms with Gasteiger partial charge in [0.15, 0.2) is 5.76 Å². The number of rotatable bonds is 4. The molecule has 0 N–H and O–H groups in total. The first kappa shape index (κ1) is 12.2. The van der Waals surface area contributed by atoms with Crippen LogP contribution in [-0.4, -0.2) is 18.1 Å². The van der Waals surface area contributed by atoms with Crippen molar-refractivity contribution in [1.82, 2.24) is 4.98 Å². The second-order valence-electron chi connectivity index (χ2n) is 3.71. The van der Waals surface area contributed by atoms with E-state index in [1.807, 2.05) is 13.0 Å². The number of pyridine rings is 1. The highest BCUT2D eigenvalue weighted by Crippen LogP contribution is 2.15. The summed E-state index contributed by atoms with van der Waals surface area (Å²) in [7, 11) is 1.32. The molecule has 5 heteroatoms. The molecule has 2 rings (SSSR count). The van der Waals surface area contributed by atoms with Gasteiger partial charge in [0.1, 0.15) is 12.2 Å². The van der Waals surface area contributed by atoms with Gasteiger partial charge in [0.2, 0.25) is 5.88 Å². The minimum atomic E-state index is -0.445. The van der Waals surface area contributed by atoms with Gasteiger partial charge >= 0.3 is 5.97 Å². The van der Waals surface area contributed by atoms with Gasteiger partial charge in [-0.2, -0.15) is 0 Å². The summed E-state index contributed by atoms with van der Waals surface area (Å²) in [6.07, 6.45) is 3.13. The summed E-state index contributed by atoms with van der Waals surface area (Å²) in [5, 5.41) is 0. The van der Waals surface area contributed by atoms with Crippen LogP contribution in [0.1, 0.15) is 21.7 Å². The topological polar surface area (TPSA) is 61.6 Å². The third-order valence-electron chi connectivity index (χ3n) is 2.39. The minimum absolute atomic E-state index is 0.132. The molecule has 0 atom stereocenters. The molecule has 2 aromatic heterocycles. The number of furan rings is 1. The van der Waals surface area contributed by atoms with Crippen molar-refractivity contribution in [3.63, 3.8) is 0 Å². The Bertz CT molecular complexity index is 530. The number of methoxy groups -OCH3 is 1. The van der Waals surface area contributed by atoms with Gasteiger partial charge in [0.05, 0.1) is 13.4 Å². The van der Waals surface area contributed by atoms with Gasteiger partial charge in [-0.3, -0.25) is 0 Å². The van der Waals surface area contributed by atoms with E-state index >= 15 is 0 Å². The largest absolute Gasteiger partial charge is 0.469 e. The van der Waals surface area contributed by atoms with E-state index in [4.69, 9.17) is 9.15 Å². The van der Waals surface area contributed by atoms with Gasteiger partial charge in [-0.15, -0.1) is 0 Å². The maximum Gasteiger partial charge on any atom is 0.341 e. The van der Waals surface area contributed by atoms with Crippen molar-refractivity contribution in [3.8, 4) is 5.88 Å². The molecule has 0 bridgehead atoms. The van der Waals surface area contributed by atoms with Crippen molar-refractivity contribution in [2.75, 3.05) is 7.11 Å². The number of aryl methyl sites for hydroxylation is 1. The monoisotopic (exact) mass is 247 g/mol. The lowest BCUT2D eigenvalue weighted by molar-refractivity contribution is 0.0595. The van der Waals surface area contributed by atoms with E-state index in [1.165, 1.54) is 13.4 Å². The van der Waals surface area contributed by atoms with E-state index in [0.29, 0.717) is 17.2 Å². The quantitative estimate of drug-likeness (QED) is 0.776. The van der Waals surface area contributed by atoms with Crippen LogP contribution in [0.5, 0.6) is 5.88 Å². The molecule has 0 aromatic carbocycles. The zero-order chi connectivity index (χ0) is 13.0. The summed E-state index contributed by atoms with van der Waals surface area (Å²) in [6.45, 7) is 2.08. The van der Waals surface area contributed by atoms with Gasteiger partial charge in [-0.1, -0.05) is 6.07 Å². The smallest absolute Gasteiger partial charge is 0.341 e. The molecule has 0 aliphatic rings. The maximum absolute atomic E-state index is 11.4. The summed E-state index contributed by atoms with van der Waals surface area (Å²) >= 11 is 0. The van der Waals surface area contributed by atoms with Crippen molar-refractivity contribution in [1.29, 1.82) is 0 Å². The summed E-state index contributed by atoms with van der Waals surface area (Å²) < 4.78 is 15.2. The lowest BCUT2D eigenvalue weighted by Crippen LogP contribution is -2.05. The fourth-order valence-electron chi connectivity index (χ4n) is 1.42. The number of hydrogen-bond donors (Lipinski definition) is 0. The Labute approximate surface area is 104 Å². The second kappa shape index (κ2) is 5.35. The molecule has 0 saturated heterocycles. The number of esters is 1. The number of ether oxygens (including phenoxy) is 2. The molecule has 2 aromatic rings. The molecule has 0 radical (unpaired) electrons. The summed E-state index contributed by atoms with van der Waals surface area (Å²) in [5.41, 5.74) is 1.42. The van der Waals surface area contributed by atoms with Crippen LogP contribution in [0.25, 0.3) is 0 Å². The molecular weight excluding hydrogens is 234 g/mol. The molecule has 0 saturated carbocycles. The Morgan fingerprint density at radius 1 is 1.39 bits per heavy atom. The molecule has 0 spiro atoms. The number of aromatic nitrogens is 1. The molecule has 94 valence electrons. The summed E-state index contributed by atoms with van der Waals surface area (Å²) in [4.78, 5) is 15.5. The first-order valence-electron chi connectivity index (χ1n) is 5.41. The van der Waals surface area contributed by atoms with E-state index < -0.39 is 5.97 Å². The molecule has 0 fully saturated rings. The van der Waals surface area contributed by atoms with Crippen LogP contribution >= 0.6 is 0 Å². The van der Waals surface area contributed by atoms with Gasteiger partial charge in [0.25, 0.3) is 0 Å². The Kier molecular flexibility index (Phi) is 3.62. The number of hydrogen-bond acceptors (Lipinski definition) is 5. The standard InChI is InChI=1S/C13H13NO4/c1-9-3-4-12(14-7-9)18-8-11-10(5-6-17-11)13(15)16-2/h3-7H,8H2,1-2H3. The SMILES string of the molecule is COC(=O)c1ccoc1COc1ccc(C)cn1. The van der Waals surface area contributed by atoms with E-state index in [2.05, 4.69) is 9.72 Å². The molecule has 0 amide bonds. The first-order chi connectivity index (χ1) is 8.70. The van der Waals surface area contributed by atoms with Crippen molar-refractivity contribution < 1.29 is 18.7 Å². The highest BCUT2D eigenvalue weighted by atomic mass is 16.5. The van der Waals surface area contributed by atoms with Crippen molar-refractivity contribution in [2.45, 2.75) is 13.5 Å². The zero-order valence-electron chi connectivity index (χ0n) is 10.2. The van der Waals surface area contributed by atoms with Gasteiger partial charge in [-0.05, 0) is 18.6 Å². The fourth-order valence-corrected chi connectivity index (χ4v) is 1.42. The third kappa shape index (κ3) is 2.68. The third-order valence-corrected chi connectivity index (χ3v) is 2.39. The fraction of sp³-hybridized carbons (Fsp3) is 0.231. The van der Waals surface area contributed by atoms with Crippen LogP contribution in [0.3, 0.4) is 0 Å². The Balaban J connectivity index is 2.04. The Morgan fingerprint density at radius 2 is 2.22 bits per heavy atom. The molecule has 0 aliphatic carbocycles. The van der Waals surface area contributed by atoms with E-state index in [9.17, 15) is 4.79 Å². The lowest BCUT2D eigenvalue weighted by atomic mass is 10.2. The van der Waals surface area contributed by atoms with Crippen molar-refractivity contribution in [3.05, 3.63) is 47.5 Å². The van der Waals surface area contributed by atoms with E-state index in [-0.39, 0.29) is 6.61 Å². The van der Waals surface area contributed by atoms with Crippen LogP contribution in [0.2, 0.25) is 0 Å². The predicted molar refractivity (Wildman–Crippen MR) is 63.4 cm³/mol. The molecule has 2 heterocycles. The number of carbonyl (C=O) groups excluding carboxylic acids is 1. The average molecular weight is 247 g/mol. The molecule has 0 unspecified atom stereocenters. The Morgan fingerprint density at radius 3 is 2.89 bits per heavy atom. The normalized spacial score (nSPS) is 10.1. The molecule has 5 nitrogen and oxygen atoms in total. The summed E-state index contributed by atoms with van der Waals surface area (Å²) in [5.74, 6) is 0.455. The average Bonchev–Trinajstić information content (AvgIpc) is 2.85. The van der Waals surface area contributed by atoms with Gasteiger partial charge < -0.3 is 13.9 Å². The molecule has 0 aliphatic heterocycles. The highest BCUT2D eigenvalue weighted by Gasteiger charge is 2.15. The predicted octanol–water partition coefficient (Wildman–Crippen LogP) is 2.35. The van der Waals surface area contributed by atoms with Crippen molar-refractivity contribution in [2.24, 2.45) is 0 Å². The second-order valence-corrected chi connectivity index (χ2v) is 3.71. The van der Waals surface area contributed by atoms with Crippen LogP contribution in [-0.2, 0) is 11.3 Å².